The molecule has 104 valence electrons. The van der Waals surface area contributed by atoms with Crippen molar-refractivity contribution in [1.29, 1.82) is 0 Å². The third-order valence-corrected chi connectivity index (χ3v) is 3.67. The van der Waals surface area contributed by atoms with Gasteiger partial charge in [-0.1, -0.05) is 12.1 Å². The van der Waals surface area contributed by atoms with E-state index in [2.05, 4.69) is 5.32 Å². The second-order valence-corrected chi connectivity index (χ2v) is 5.06. The predicted molar refractivity (Wildman–Crippen MR) is 75.2 cm³/mol. The summed E-state index contributed by atoms with van der Waals surface area (Å²) in [6.45, 7) is 5.41. The van der Waals surface area contributed by atoms with E-state index in [1.54, 1.807) is 6.07 Å². The van der Waals surface area contributed by atoms with Gasteiger partial charge in [0.2, 0.25) is 5.91 Å². The van der Waals surface area contributed by atoms with Crippen LogP contribution >= 0.6 is 0 Å². The van der Waals surface area contributed by atoms with Crippen LogP contribution < -0.4 is 5.32 Å². The molecule has 1 fully saturated rings. The molecule has 4 heteroatoms. The van der Waals surface area contributed by atoms with Gasteiger partial charge in [0.15, 0.2) is 0 Å². The quantitative estimate of drug-likeness (QED) is 0.863. The first-order chi connectivity index (χ1) is 9.18. The summed E-state index contributed by atoms with van der Waals surface area (Å²) < 4.78 is 0. The van der Waals surface area contributed by atoms with E-state index >= 15 is 0 Å². The number of piperazine rings is 1. The number of hydrogen-bond acceptors (Lipinski definition) is 3. The molecule has 0 aromatic heterocycles. The fourth-order valence-corrected chi connectivity index (χ4v) is 2.50. The zero-order valence-electron chi connectivity index (χ0n) is 11.5. The number of aryl methyl sites for hydroxylation is 1. The molecule has 1 aliphatic rings. The lowest BCUT2D eigenvalue weighted by Gasteiger charge is -2.27. The molecule has 0 bridgehead atoms. The van der Waals surface area contributed by atoms with E-state index < -0.39 is 0 Å². The monoisotopic (exact) mass is 262 g/mol. The summed E-state index contributed by atoms with van der Waals surface area (Å²) in [7, 11) is 0. The molecular weight excluding hydrogens is 240 g/mol. The highest BCUT2D eigenvalue weighted by Gasteiger charge is 2.15. The van der Waals surface area contributed by atoms with Gasteiger partial charge >= 0.3 is 0 Å². The van der Waals surface area contributed by atoms with Gasteiger partial charge in [-0.3, -0.25) is 4.79 Å². The first-order valence-corrected chi connectivity index (χ1v) is 6.94. The number of rotatable bonds is 4. The molecule has 4 nitrogen and oxygen atoms in total. The lowest BCUT2D eigenvalue weighted by atomic mass is 10.0. The van der Waals surface area contributed by atoms with Gasteiger partial charge < -0.3 is 15.3 Å². The smallest absolute Gasteiger partial charge is 0.222 e. The van der Waals surface area contributed by atoms with Crippen molar-refractivity contribution in [2.24, 2.45) is 0 Å². The highest BCUT2D eigenvalue weighted by Crippen LogP contribution is 2.22. The molecule has 2 N–H and O–H groups in total. The van der Waals surface area contributed by atoms with E-state index in [9.17, 15) is 9.90 Å². The molecule has 0 radical (unpaired) electrons. The summed E-state index contributed by atoms with van der Waals surface area (Å²) in [4.78, 5) is 13.9. The van der Waals surface area contributed by atoms with E-state index in [0.717, 1.165) is 50.1 Å². The van der Waals surface area contributed by atoms with Crippen molar-refractivity contribution in [1.82, 2.24) is 10.2 Å². The first-order valence-electron chi connectivity index (χ1n) is 6.94. The Balaban J connectivity index is 1.81. The molecule has 1 heterocycles. The molecule has 19 heavy (non-hydrogen) atoms. The third-order valence-electron chi connectivity index (χ3n) is 3.67. The fourth-order valence-electron chi connectivity index (χ4n) is 2.50. The normalized spacial score (nSPS) is 15.5. The molecule has 1 amide bonds. The van der Waals surface area contributed by atoms with Crippen molar-refractivity contribution in [2.75, 3.05) is 26.2 Å². The Morgan fingerprint density at radius 1 is 1.37 bits per heavy atom. The van der Waals surface area contributed by atoms with Gasteiger partial charge in [0.05, 0.1) is 0 Å². The molecule has 0 atom stereocenters. The zero-order chi connectivity index (χ0) is 13.7. The molecule has 1 aliphatic heterocycles. The average Bonchev–Trinajstić information content (AvgIpc) is 2.43. The van der Waals surface area contributed by atoms with Crippen LogP contribution in [0.1, 0.15) is 24.0 Å². The predicted octanol–water partition coefficient (Wildman–Crippen LogP) is 1.46. The maximum absolute atomic E-state index is 12.0. The van der Waals surface area contributed by atoms with Crippen molar-refractivity contribution in [3.05, 3.63) is 29.3 Å². The minimum absolute atomic E-state index is 0.231. The number of carbonyl (C=O) groups excluding carboxylic acids is 1. The number of nitrogens with zero attached hydrogens (tertiary/aromatic N) is 1. The zero-order valence-corrected chi connectivity index (χ0v) is 11.5. The van der Waals surface area contributed by atoms with E-state index in [4.69, 9.17) is 0 Å². The highest BCUT2D eigenvalue weighted by atomic mass is 16.3. The first kappa shape index (κ1) is 13.9. The number of carbonyl (C=O) groups is 1. The van der Waals surface area contributed by atoms with Crippen LogP contribution in [0.5, 0.6) is 5.75 Å². The van der Waals surface area contributed by atoms with Gasteiger partial charge in [-0.15, -0.1) is 0 Å². The number of aromatic hydroxyl groups is 1. The number of benzene rings is 1. The Bertz CT molecular complexity index is 420. The van der Waals surface area contributed by atoms with Gasteiger partial charge in [-0.25, -0.2) is 0 Å². The molecular formula is C15H22N2O2. The Kier molecular flexibility index (Phi) is 4.80. The summed E-state index contributed by atoms with van der Waals surface area (Å²) in [5, 5.41) is 13.0. The summed E-state index contributed by atoms with van der Waals surface area (Å²) in [5.74, 6) is 0.573. The van der Waals surface area contributed by atoms with E-state index in [0.29, 0.717) is 12.2 Å². The molecule has 0 unspecified atom stereocenters. The summed E-state index contributed by atoms with van der Waals surface area (Å²) in [5.41, 5.74) is 2.06. The number of phenolic OH excluding ortho intramolecular Hbond substituents is 1. The number of nitrogens with one attached hydrogen (secondary N) is 1. The van der Waals surface area contributed by atoms with Crippen LogP contribution in [0.3, 0.4) is 0 Å². The molecule has 2 rings (SSSR count). The second-order valence-electron chi connectivity index (χ2n) is 5.06. The van der Waals surface area contributed by atoms with Gasteiger partial charge in [0.1, 0.15) is 5.75 Å². The Labute approximate surface area is 114 Å². The molecule has 0 saturated carbocycles. The minimum Gasteiger partial charge on any atom is -0.508 e. The number of amides is 1. The van der Waals surface area contributed by atoms with Crippen molar-refractivity contribution in [3.63, 3.8) is 0 Å². The molecule has 0 spiro atoms. The van der Waals surface area contributed by atoms with Crippen LogP contribution in [0.4, 0.5) is 0 Å². The standard InChI is InChI=1S/C15H22N2O2/c1-12-4-2-6-14(18)13(12)5-3-7-15(19)17-10-8-16-9-11-17/h2,4,6,16,18H,3,5,7-11H2,1H3. The lowest BCUT2D eigenvalue weighted by Crippen LogP contribution is -2.46. The van der Waals surface area contributed by atoms with Gasteiger partial charge in [-0.2, -0.15) is 0 Å². The molecule has 0 aliphatic carbocycles. The Morgan fingerprint density at radius 3 is 2.79 bits per heavy atom. The van der Waals surface area contributed by atoms with Crippen LogP contribution in [0.25, 0.3) is 0 Å². The highest BCUT2D eigenvalue weighted by molar-refractivity contribution is 5.76. The van der Waals surface area contributed by atoms with Gasteiger partial charge in [-0.05, 0) is 37.0 Å². The van der Waals surface area contributed by atoms with Crippen LogP contribution in [0.2, 0.25) is 0 Å². The minimum atomic E-state index is 0.231. The maximum atomic E-state index is 12.0. The summed E-state index contributed by atoms with van der Waals surface area (Å²) >= 11 is 0. The van der Waals surface area contributed by atoms with Crippen molar-refractivity contribution in [2.45, 2.75) is 26.2 Å². The molecule has 1 aromatic carbocycles. The lowest BCUT2D eigenvalue weighted by molar-refractivity contribution is -0.131. The molecule has 1 aromatic rings. The Hall–Kier alpha value is -1.55. The Morgan fingerprint density at radius 2 is 2.11 bits per heavy atom. The largest absolute Gasteiger partial charge is 0.508 e. The van der Waals surface area contributed by atoms with Crippen LogP contribution in [0, 0.1) is 6.92 Å². The van der Waals surface area contributed by atoms with E-state index in [1.807, 2.05) is 24.0 Å². The van der Waals surface area contributed by atoms with Crippen LogP contribution in [-0.4, -0.2) is 42.1 Å². The summed E-state index contributed by atoms with van der Waals surface area (Å²) in [6.07, 6.45) is 2.12. The number of hydrogen-bond donors (Lipinski definition) is 2. The third kappa shape index (κ3) is 3.70. The topological polar surface area (TPSA) is 52.6 Å². The van der Waals surface area contributed by atoms with Crippen LogP contribution in [0.15, 0.2) is 18.2 Å². The van der Waals surface area contributed by atoms with Crippen molar-refractivity contribution in [3.8, 4) is 5.75 Å². The average molecular weight is 262 g/mol. The summed E-state index contributed by atoms with van der Waals surface area (Å²) in [6, 6.07) is 5.55. The number of phenols is 1. The van der Waals surface area contributed by atoms with Crippen molar-refractivity contribution < 1.29 is 9.90 Å². The second kappa shape index (κ2) is 6.57. The van der Waals surface area contributed by atoms with Gasteiger partial charge in [0, 0.05) is 32.6 Å². The fraction of sp³-hybridized carbons (Fsp3) is 0.533. The SMILES string of the molecule is Cc1cccc(O)c1CCCC(=O)N1CCNCC1. The van der Waals surface area contributed by atoms with E-state index in [-0.39, 0.29) is 5.91 Å². The van der Waals surface area contributed by atoms with Crippen LogP contribution in [-0.2, 0) is 11.2 Å². The van der Waals surface area contributed by atoms with E-state index in [1.165, 1.54) is 0 Å². The maximum Gasteiger partial charge on any atom is 0.222 e. The van der Waals surface area contributed by atoms with Crippen molar-refractivity contribution >= 4 is 5.91 Å². The van der Waals surface area contributed by atoms with Gasteiger partial charge in [0.25, 0.3) is 0 Å². The molecule has 1 saturated heterocycles.